The van der Waals surface area contributed by atoms with Crippen molar-refractivity contribution in [2.24, 2.45) is 10.9 Å². The number of piperidine rings is 2. The number of benzene rings is 1. The molecule has 0 bridgehead atoms. The average molecular weight is 433 g/mol. The SMILES string of the molecule is CN=C(NCC1CCN(S(C)(=O)=O)CC1)NC1CCCN(c2ccccc2C#N)C1. The van der Waals surface area contributed by atoms with Crippen LogP contribution in [0.4, 0.5) is 5.69 Å². The van der Waals surface area contributed by atoms with Crippen molar-refractivity contribution in [1.29, 1.82) is 5.26 Å². The highest BCUT2D eigenvalue weighted by molar-refractivity contribution is 7.88. The van der Waals surface area contributed by atoms with Crippen molar-refractivity contribution in [3.8, 4) is 6.07 Å². The fourth-order valence-corrected chi connectivity index (χ4v) is 5.11. The van der Waals surface area contributed by atoms with Crippen molar-refractivity contribution >= 4 is 21.7 Å². The van der Waals surface area contributed by atoms with Crippen molar-refractivity contribution in [2.45, 2.75) is 31.7 Å². The molecule has 2 fully saturated rings. The van der Waals surface area contributed by atoms with Gasteiger partial charge in [0.05, 0.1) is 17.5 Å². The molecule has 1 unspecified atom stereocenters. The molecule has 3 rings (SSSR count). The third-order valence-electron chi connectivity index (χ3n) is 5.95. The summed E-state index contributed by atoms with van der Waals surface area (Å²) in [5.41, 5.74) is 1.70. The summed E-state index contributed by atoms with van der Waals surface area (Å²) >= 11 is 0. The molecular weight excluding hydrogens is 400 g/mol. The van der Waals surface area contributed by atoms with E-state index in [0.29, 0.717) is 24.6 Å². The number of sulfonamides is 1. The lowest BCUT2D eigenvalue weighted by Crippen LogP contribution is -2.52. The molecule has 2 saturated heterocycles. The molecule has 0 aromatic heterocycles. The first-order valence-corrected chi connectivity index (χ1v) is 12.4. The number of hydrogen-bond acceptors (Lipinski definition) is 5. The van der Waals surface area contributed by atoms with Crippen LogP contribution in [0.15, 0.2) is 29.3 Å². The zero-order valence-electron chi connectivity index (χ0n) is 17.8. The molecule has 30 heavy (non-hydrogen) atoms. The zero-order chi connectivity index (χ0) is 21.6. The lowest BCUT2D eigenvalue weighted by molar-refractivity contribution is 0.274. The van der Waals surface area contributed by atoms with E-state index in [4.69, 9.17) is 0 Å². The first kappa shape index (κ1) is 22.4. The number of anilines is 1. The molecule has 1 aromatic carbocycles. The highest BCUT2D eigenvalue weighted by atomic mass is 32.2. The van der Waals surface area contributed by atoms with Gasteiger partial charge in [-0.25, -0.2) is 12.7 Å². The predicted octanol–water partition coefficient (Wildman–Crippen LogP) is 1.36. The number of nitrogens with one attached hydrogen (secondary N) is 2. The van der Waals surface area contributed by atoms with Gasteiger partial charge in [-0.05, 0) is 43.7 Å². The molecule has 1 atom stereocenters. The van der Waals surface area contributed by atoms with E-state index in [9.17, 15) is 13.7 Å². The van der Waals surface area contributed by atoms with Crippen molar-refractivity contribution < 1.29 is 8.42 Å². The third-order valence-corrected chi connectivity index (χ3v) is 7.25. The Labute approximate surface area is 180 Å². The molecule has 0 radical (unpaired) electrons. The van der Waals surface area contributed by atoms with Crippen LogP contribution in [0.3, 0.4) is 0 Å². The van der Waals surface area contributed by atoms with Crippen molar-refractivity contribution in [1.82, 2.24) is 14.9 Å². The highest BCUT2D eigenvalue weighted by Crippen LogP contribution is 2.23. The minimum Gasteiger partial charge on any atom is -0.368 e. The maximum Gasteiger partial charge on any atom is 0.211 e. The Balaban J connectivity index is 1.49. The van der Waals surface area contributed by atoms with Gasteiger partial charge < -0.3 is 15.5 Å². The van der Waals surface area contributed by atoms with Gasteiger partial charge in [-0.3, -0.25) is 4.99 Å². The summed E-state index contributed by atoms with van der Waals surface area (Å²) in [5.74, 6) is 1.22. The first-order valence-electron chi connectivity index (χ1n) is 10.6. The van der Waals surface area contributed by atoms with Gasteiger partial charge in [0.15, 0.2) is 5.96 Å². The number of guanidine groups is 1. The summed E-state index contributed by atoms with van der Waals surface area (Å²) in [6, 6.07) is 10.3. The van der Waals surface area contributed by atoms with E-state index in [2.05, 4.69) is 26.6 Å². The Bertz CT molecular complexity index is 887. The van der Waals surface area contributed by atoms with Crippen LogP contribution >= 0.6 is 0 Å². The second kappa shape index (κ2) is 10.1. The summed E-state index contributed by atoms with van der Waals surface area (Å²) in [6.07, 6.45) is 5.11. The Morgan fingerprint density at radius 2 is 1.97 bits per heavy atom. The van der Waals surface area contributed by atoms with Crippen LogP contribution < -0.4 is 15.5 Å². The van der Waals surface area contributed by atoms with E-state index in [-0.39, 0.29) is 6.04 Å². The van der Waals surface area contributed by atoms with Crippen LogP contribution in [0.1, 0.15) is 31.2 Å². The van der Waals surface area contributed by atoms with Gasteiger partial charge in [0.25, 0.3) is 0 Å². The maximum absolute atomic E-state index is 11.7. The zero-order valence-corrected chi connectivity index (χ0v) is 18.7. The van der Waals surface area contributed by atoms with Crippen molar-refractivity contribution in [3.63, 3.8) is 0 Å². The van der Waals surface area contributed by atoms with Crippen LogP contribution in [0.25, 0.3) is 0 Å². The third kappa shape index (κ3) is 5.86. The summed E-state index contributed by atoms with van der Waals surface area (Å²) < 4.78 is 24.9. The fraction of sp³-hybridized carbons (Fsp3) is 0.619. The molecule has 9 heteroatoms. The first-order chi connectivity index (χ1) is 14.4. The molecule has 2 heterocycles. The largest absolute Gasteiger partial charge is 0.368 e. The molecule has 164 valence electrons. The van der Waals surface area contributed by atoms with Gasteiger partial charge in [0.1, 0.15) is 6.07 Å². The Morgan fingerprint density at radius 1 is 1.23 bits per heavy atom. The number of hydrogen-bond donors (Lipinski definition) is 2. The molecule has 1 aromatic rings. The Morgan fingerprint density at radius 3 is 2.63 bits per heavy atom. The predicted molar refractivity (Wildman–Crippen MR) is 120 cm³/mol. The minimum absolute atomic E-state index is 0.254. The Hall–Kier alpha value is -2.31. The number of rotatable bonds is 5. The second-order valence-corrected chi connectivity index (χ2v) is 10.1. The van der Waals surface area contributed by atoms with E-state index in [1.165, 1.54) is 6.26 Å². The van der Waals surface area contributed by atoms with Gasteiger partial charge >= 0.3 is 0 Å². The summed E-state index contributed by atoms with van der Waals surface area (Å²) in [7, 11) is -1.31. The highest BCUT2D eigenvalue weighted by Gasteiger charge is 2.26. The van der Waals surface area contributed by atoms with Crippen LogP contribution in [0.2, 0.25) is 0 Å². The molecule has 2 N–H and O–H groups in total. The van der Waals surface area contributed by atoms with Gasteiger partial charge in [-0.2, -0.15) is 5.26 Å². The molecule has 2 aliphatic heterocycles. The Kier molecular flexibility index (Phi) is 7.56. The summed E-state index contributed by atoms with van der Waals surface area (Å²) in [6.45, 7) is 3.74. The van der Waals surface area contributed by atoms with Gasteiger partial charge in [0.2, 0.25) is 10.0 Å². The molecular formula is C21H32N6O2S. The normalized spacial score (nSPS) is 21.8. The summed E-state index contributed by atoms with van der Waals surface area (Å²) in [5, 5.41) is 16.3. The van der Waals surface area contributed by atoms with Gasteiger partial charge in [-0.1, -0.05) is 12.1 Å². The van der Waals surface area contributed by atoms with Gasteiger partial charge in [0, 0.05) is 45.8 Å². The quantitative estimate of drug-likeness (QED) is 0.538. The number of nitriles is 1. The second-order valence-electron chi connectivity index (χ2n) is 8.12. The van der Waals surface area contributed by atoms with Crippen LogP contribution in [0, 0.1) is 17.2 Å². The van der Waals surface area contributed by atoms with Gasteiger partial charge in [-0.15, -0.1) is 0 Å². The lowest BCUT2D eigenvalue weighted by Gasteiger charge is -2.36. The number of aliphatic imine (C=N–C) groups is 1. The van der Waals surface area contributed by atoms with E-state index in [0.717, 1.165) is 57.0 Å². The van der Waals surface area contributed by atoms with Crippen molar-refractivity contribution in [3.05, 3.63) is 29.8 Å². The maximum atomic E-state index is 11.7. The number of nitrogens with zero attached hydrogens (tertiary/aromatic N) is 4. The standard InChI is InChI=1S/C21H32N6O2S/c1-23-21(24-15-17-9-12-27(13-10-17)30(2,28)29)25-19-7-5-11-26(16-19)20-8-4-3-6-18(20)14-22/h3-4,6,8,17,19H,5,7,9-13,15-16H2,1-2H3,(H2,23,24,25). The van der Waals surface area contributed by atoms with Crippen LogP contribution in [0.5, 0.6) is 0 Å². The fourth-order valence-electron chi connectivity index (χ4n) is 4.23. The topological polar surface area (TPSA) is 101 Å². The van der Waals surface area contributed by atoms with E-state index in [1.54, 1.807) is 11.4 Å². The molecule has 0 amide bonds. The lowest BCUT2D eigenvalue weighted by atomic mass is 9.98. The van der Waals surface area contributed by atoms with Crippen LogP contribution in [-0.4, -0.2) is 70.8 Å². The molecule has 0 aliphatic carbocycles. The molecule has 0 spiro atoms. The van der Waals surface area contributed by atoms with Crippen LogP contribution in [-0.2, 0) is 10.0 Å². The summed E-state index contributed by atoms with van der Waals surface area (Å²) in [4.78, 5) is 6.64. The smallest absolute Gasteiger partial charge is 0.211 e. The molecule has 0 saturated carbocycles. The molecule has 8 nitrogen and oxygen atoms in total. The van der Waals surface area contributed by atoms with E-state index < -0.39 is 10.0 Å². The monoisotopic (exact) mass is 432 g/mol. The minimum atomic E-state index is -3.09. The average Bonchev–Trinajstić information content (AvgIpc) is 2.76. The van der Waals surface area contributed by atoms with E-state index in [1.807, 2.05) is 24.3 Å². The van der Waals surface area contributed by atoms with E-state index >= 15 is 0 Å². The molecule has 2 aliphatic rings. The number of para-hydroxylation sites is 1. The van der Waals surface area contributed by atoms with Crippen molar-refractivity contribution in [2.75, 3.05) is 50.9 Å².